The molecule has 4 aromatic heterocycles. The number of aromatic nitrogens is 6. The van der Waals surface area contributed by atoms with Crippen LogP contribution in [0.25, 0.3) is 33.8 Å². The van der Waals surface area contributed by atoms with Gasteiger partial charge in [0.05, 0.1) is 0 Å². The van der Waals surface area contributed by atoms with Crippen LogP contribution in [-0.4, -0.2) is 29.4 Å². The van der Waals surface area contributed by atoms with Crippen molar-refractivity contribution in [1.29, 1.82) is 0 Å². The molecule has 5 aromatic rings. The fraction of sp³-hybridized carbons (Fsp3) is 0. The Morgan fingerprint density at radius 1 is 0.905 bits per heavy atom. The Morgan fingerprint density at radius 2 is 1.81 bits per heavy atom. The minimum Gasteiger partial charge on any atom is -0.453 e. The number of hydrogen-bond acceptors (Lipinski definition) is 5. The highest BCUT2D eigenvalue weighted by molar-refractivity contribution is 5.81. The lowest BCUT2D eigenvalue weighted by Gasteiger charge is -1.99. The van der Waals surface area contributed by atoms with Crippen LogP contribution in [0, 0.1) is 0 Å². The predicted octanol–water partition coefficient (Wildman–Crippen LogP) is 2.19. The zero-order valence-electron chi connectivity index (χ0n) is 10.7. The molecule has 0 N–H and O–H groups in total. The SMILES string of the molecule is c1ccc2oc(-c3nnc4ccc5nncn5n34)cc2c1. The van der Waals surface area contributed by atoms with Gasteiger partial charge in [-0.25, -0.2) is 9.03 Å². The second kappa shape index (κ2) is 3.66. The van der Waals surface area contributed by atoms with E-state index in [1.165, 1.54) is 0 Å². The molecule has 4 heterocycles. The normalized spacial score (nSPS) is 11.8. The van der Waals surface area contributed by atoms with Crippen molar-refractivity contribution >= 4 is 22.3 Å². The second-order valence-electron chi connectivity index (χ2n) is 4.71. The lowest BCUT2D eigenvalue weighted by Crippen LogP contribution is -2.00. The molecule has 7 nitrogen and oxygen atoms in total. The Kier molecular flexibility index (Phi) is 1.84. The van der Waals surface area contributed by atoms with Crippen LogP contribution >= 0.6 is 0 Å². The van der Waals surface area contributed by atoms with Gasteiger partial charge >= 0.3 is 0 Å². The van der Waals surface area contributed by atoms with Crippen molar-refractivity contribution in [3.63, 3.8) is 0 Å². The number of furan rings is 1. The van der Waals surface area contributed by atoms with Gasteiger partial charge in [0.15, 0.2) is 17.1 Å². The minimum atomic E-state index is 0.617. The number of benzene rings is 1. The van der Waals surface area contributed by atoms with Crippen LogP contribution in [0.3, 0.4) is 0 Å². The van der Waals surface area contributed by atoms with Crippen molar-refractivity contribution in [2.45, 2.75) is 0 Å². The average molecular weight is 276 g/mol. The predicted molar refractivity (Wildman–Crippen MR) is 74.7 cm³/mol. The Morgan fingerprint density at radius 3 is 2.76 bits per heavy atom. The lowest BCUT2D eigenvalue weighted by atomic mass is 10.2. The quantitative estimate of drug-likeness (QED) is 0.469. The van der Waals surface area contributed by atoms with E-state index in [-0.39, 0.29) is 0 Å². The summed E-state index contributed by atoms with van der Waals surface area (Å²) >= 11 is 0. The van der Waals surface area contributed by atoms with Gasteiger partial charge in [0.1, 0.15) is 11.9 Å². The molecule has 0 radical (unpaired) electrons. The van der Waals surface area contributed by atoms with Crippen molar-refractivity contribution in [1.82, 2.24) is 29.4 Å². The Bertz CT molecular complexity index is 1070. The average Bonchev–Trinajstić information content (AvgIpc) is 3.22. The molecule has 5 rings (SSSR count). The van der Waals surface area contributed by atoms with Crippen LogP contribution in [-0.2, 0) is 0 Å². The minimum absolute atomic E-state index is 0.617. The zero-order valence-corrected chi connectivity index (χ0v) is 10.7. The molecule has 0 fully saturated rings. The third kappa shape index (κ3) is 1.37. The molecule has 0 aliphatic carbocycles. The van der Waals surface area contributed by atoms with Gasteiger partial charge in [0, 0.05) is 5.39 Å². The maximum Gasteiger partial charge on any atom is 0.219 e. The van der Waals surface area contributed by atoms with Gasteiger partial charge in [-0.05, 0) is 24.3 Å². The summed E-state index contributed by atoms with van der Waals surface area (Å²) in [5, 5.41) is 17.4. The topological polar surface area (TPSA) is 73.5 Å². The van der Waals surface area contributed by atoms with Crippen LogP contribution in [0.4, 0.5) is 0 Å². The van der Waals surface area contributed by atoms with E-state index in [1.54, 1.807) is 10.8 Å². The summed E-state index contributed by atoms with van der Waals surface area (Å²) in [7, 11) is 0. The van der Waals surface area contributed by atoms with E-state index in [2.05, 4.69) is 20.4 Å². The number of hydrogen-bond donors (Lipinski definition) is 0. The van der Waals surface area contributed by atoms with E-state index in [9.17, 15) is 0 Å². The fourth-order valence-corrected chi connectivity index (χ4v) is 2.51. The molecule has 0 spiro atoms. The molecule has 7 heteroatoms. The first kappa shape index (κ1) is 10.6. The molecule has 0 atom stereocenters. The first-order valence-electron chi connectivity index (χ1n) is 6.43. The molecule has 0 aliphatic rings. The van der Waals surface area contributed by atoms with E-state index in [0.717, 1.165) is 16.6 Å². The molecule has 0 saturated carbocycles. The summed E-state index contributed by atoms with van der Waals surface area (Å²) in [6, 6.07) is 13.5. The summed E-state index contributed by atoms with van der Waals surface area (Å²) in [6.07, 6.45) is 1.62. The van der Waals surface area contributed by atoms with Gasteiger partial charge in [-0.15, -0.1) is 20.4 Å². The summed E-state index contributed by atoms with van der Waals surface area (Å²) < 4.78 is 9.48. The smallest absolute Gasteiger partial charge is 0.219 e. The van der Waals surface area contributed by atoms with E-state index >= 15 is 0 Å². The molecular formula is C14H8N6O. The van der Waals surface area contributed by atoms with Crippen LogP contribution in [0.2, 0.25) is 0 Å². The molecule has 100 valence electrons. The highest BCUT2D eigenvalue weighted by Crippen LogP contribution is 2.26. The van der Waals surface area contributed by atoms with Crippen molar-refractivity contribution in [2.24, 2.45) is 0 Å². The largest absolute Gasteiger partial charge is 0.453 e. The van der Waals surface area contributed by atoms with Crippen molar-refractivity contribution in [3.8, 4) is 11.6 Å². The number of nitrogens with zero attached hydrogens (tertiary/aromatic N) is 6. The van der Waals surface area contributed by atoms with Gasteiger partial charge in [0.2, 0.25) is 5.82 Å². The molecule has 1 aromatic carbocycles. The number of fused-ring (bicyclic) bond motifs is 4. The zero-order chi connectivity index (χ0) is 13.8. The third-order valence-electron chi connectivity index (χ3n) is 3.46. The Balaban J connectivity index is 1.89. The van der Waals surface area contributed by atoms with Crippen LogP contribution in [0.1, 0.15) is 0 Å². The van der Waals surface area contributed by atoms with Crippen molar-refractivity contribution in [2.75, 3.05) is 0 Å². The van der Waals surface area contributed by atoms with Gasteiger partial charge in [-0.1, -0.05) is 18.2 Å². The maximum atomic E-state index is 5.87. The second-order valence-corrected chi connectivity index (χ2v) is 4.71. The molecule has 0 bridgehead atoms. The molecule has 0 amide bonds. The lowest BCUT2D eigenvalue weighted by molar-refractivity contribution is 0.620. The Labute approximate surface area is 117 Å². The monoisotopic (exact) mass is 276 g/mol. The van der Waals surface area contributed by atoms with Crippen molar-refractivity contribution in [3.05, 3.63) is 48.8 Å². The number of para-hydroxylation sites is 1. The summed E-state index contributed by atoms with van der Waals surface area (Å²) in [5.74, 6) is 1.27. The highest BCUT2D eigenvalue weighted by atomic mass is 16.3. The first-order valence-corrected chi connectivity index (χ1v) is 6.43. The third-order valence-corrected chi connectivity index (χ3v) is 3.46. The van der Waals surface area contributed by atoms with Gasteiger partial charge < -0.3 is 4.42 Å². The van der Waals surface area contributed by atoms with Crippen molar-refractivity contribution < 1.29 is 4.42 Å². The highest BCUT2D eigenvalue weighted by Gasteiger charge is 2.15. The van der Waals surface area contributed by atoms with Crippen LogP contribution in [0.5, 0.6) is 0 Å². The first-order chi connectivity index (χ1) is 10.4. The van der Waals surface area contributed by atoms with Gasteiger partial charge in [0.25, 0.3) is 0 Å². The summed E-state index contributed by atoms with van der Waals surface area (Å²) in [4.78, 5) is 0. The molecular weight excluding hydrogens is 268 g/mol. The van der Waals surface area contributed by atoms with E-state index in [1.807, 2.05) is 47.0 Å². The Hall–Kier alpha value is -3.22. The van der Waals surface area contributed by atoms with E-state index in [4.69, 9.17) is 4.42 Å². The molecule has 0 aliphatic heterocycles. The fourth-order valence-electron chi connectivity index (χ4n) is 2.51. The van der Waals surface area contributed by atoms with Crippen LogP contribution in [0.15, 0.2) is 53.2 Å². The maximum absolute atomic E-state index is 5.87. The molecule has 21 heavy (non-hydrogen) atoms. The standard InChI is InChI=1S/C14H8N6O/c1-2-4-10-9(3-1)7-11(21-10)14-18-17-13-6-5-12-16-15-8-19(12)20(13)14/h1-8H. The van der Waals surface area contributed by atoms with E-state index in [0.29, 0.717) is 17.2 Å². The summed E-state index contributed by atoms with van der Waals surface area (Å²) in [6.45, 7) is 0. The van der Waals surface area contributed by atoms with Gasteiger partial charge in [-0.3, -0.25) is 0 Å². The molecule has 0 saturated heterocycles. The molecule has 0 unspecified atom stereocenters. The van der Waals surface area contributed by atoms with E-state index < -0.39 is 0 Å². The van der Waals surface area contributed by atoms with Crippen LogP contribution < -0.4 is 0 Å². The number of rotatable bonds is 1. The summed E-state index contributed by atoms with van der Waals surface area (Å²) in [5.41, 5.74) is 2.25. The van der Waals surface area contributed by atoms with Gasteiger partial charge in [-0.2, -0.15) is 0 Å².